The number of fused-ring (bicyclic) bond motifs is 15. The molecule has 0 unspecified atom stereocenters. The highest BCUT2D eigenvalue weighted by molar-refractivity contribution is 6.21. The van der Waals surface area contributed by atoms with Crippen molar-refractivity contribution in [2.24, 2.45) is 0 Å². The van der Waals surface area contributed by atoms with E-state index in [0.29, 0.717) is 0 Å². The Kier molecular flexibility index (Phi) is 9.58. The molecule has 0 amide bonds. The van der Waals surface area contributed by atoms with Crippen molar-refractivity contribution in [3.8, 4) is 61.3 Å². The molecule has 77 heavy (non-hydrogen) atoms. The molecule has 16 rings (SSSR count). The van der Waals surface area contributed by atoms with Gasteiger partial charge < -0.3 is 9.47 Å². The molecule has 1 aromatic heterocycles. The van der Waals surface area contributed by atoms with Gasteiger partial charge in [0.2, 0.25) is 0 Å². The Morgan fingerprint density at radius 2 is 0.701 bits per heavy atom. The standard InChI is InChI=1S/C75H48N2/c1-3-21-49(22-4-1)50-39-42-53(43-40-50)76(70-37-19-14-25-55(70)51-23-5-2-6-24-51)54-44-45-60-59-29-15-20-38-71(59)77(72(60)48-54)74-63-32-9-7-30-61(63)73(62-31-8-10-33-64(62)74)52-41-46-69-65(47-52)58-28-13-18-36-68(58)75(69)66-34-16-11-26-56(66)57-27-12-17-35-67(57)75/h1-48H. The Morgan fingerprint density at radius 1 is 0.260 bits per heavy atom. The minimum Gasteiger partial charge on any atom is -0.310 e. The Labute approximate surface area is 447 Å². The van der Waals surface area contributed by atoms with Crippen LogP contribution in [0.5, 0.6) is 0 Å². The first-order chi connectivity index (χ1) is 38.2. The molecule has 0 bridgehead atoms. The molecular weight excluding hydrogens is 929 g/mol. The molecule has 1 heterocycles. The lowest BCUT2D eigenvalue weighted by molar-refractivity contribution is 0.794. The summed E-state index contributed by atoms with van der Waals surface area (Å²) in [6, 6.07) is 108. The predicted octanol–water partition coefficient (Wildman–Crippen LogP) is 19.9. The minimum absolute atomic E-state index is 0.397. The zero-order valence-electron chi connectivity index (χ0n) is 42.1. The van der Waals surface area contributed by atoms with Gasteiger partial charge in [-0.15, -0.1) is 0 Å². The summed E-state index contributed by atoms with van der Waals surface area (Å²) in [5.74, 6) is 0. The highest BCUT2D eigenvalue weighted by atomic mass is 15.1. The second kappa shape index (κ2) is 17.0. The van der Waals surface area contributed by atoms with E-state index in [9.17, 15) is 0 Å². The van der Waals surface area contributed by atoms with Gasteiger partial charge in [0.1, 0.15) is 0 Å². The summed E-state index contributed by atoms with van der Waals surface area (Å²) in [6.07, 6.45) is 0. The summed E-state index contributed by atoms with van der Waals surface area (Å²) in [7, 11) is 0. The summed E-state index contributed by atoms with van der Waals surface area (Å²) in [6.45, 7) is 0. The smallest absolute Gasteiger partial charge is 0.0725 e. The maximum Gasteiger partial charge on any atom is 0.0725 e. The molecule has 0 saturated heterocycles. The molecule has 0 saturated carbocycles. The minimum atomic E-state index is -0.397. The van der Waals surface area contributed by atoms with Crippen LogP contribution in [0, 0.1) is 0 Å². The molecule has 0 radical (unpaired) electrons. The van der Waals surface area contributed by atoms with Crippen LogP contribution >= 0.6 is 0 Å². The number of anilines is 3. The number of nitrogens with zero attached hydrogens (tertiary/aromatic N) is 2. The number of benzene rings is 13. The van der Waals surface area contributed by atoms with Crippen molar-refractivity contribution in [3.05, 3.63) is 313 Å². The van der Waals surface area contributed by atoms with E-state index in [1.54, 1.807) is 0 Å². The van der Waals surface area contributed by atoms with Gasteiger partial charge in [0.25, 0.3) is 0 Å². The molecule has 1 spiro atoms. The van der Waals surface area contributed by atoms with Crippen molar-refractivity contribution in [3.63, 3.8) is 0 Å². The molecule has 2 aliphatic carbocycles. The molecule has 0 N–H and O–H groups in total. The number of para-hydroxylation sites is 2. The van der Waals surface area contributed by atoms with Crippen LogP contribution in [0.15, 0.2) is 291 Å². The molecule has 2 heteroatoms. The second-order valence-electron chi connectivity index (χ2n) is 20.6. The predicted molar refractivity (Wildman–Crippen MR) is 323 cm³/mol. The molecule has 0 aliphatic heterocycles. The van der Waals surface area contributed by atoms with Gasteiger partial charge in [-0.2, -0.15) is 0 Å². The number of rotatable bonds is 7. The van der Waals surface area contributed by atoms with Crippen molar-refractivity contribution in [2.45, 2.75) is 5.41 Å². The highest BCUT2D eigenvalue weighted by Crippen LogP contribution is 2.63. The zero-order chi connectivity index (χ0) is 50.6. The van der Waals surface area contributed by atoms with E-state index in [1.807, 2.05) is 0 Å². The Balaban J connectivity index is 0.928. The van der Waals surface area contributed by atoms with E-state index < -0.39 is 5.41 Å². The van der Waals surface area contributed by atoms with Gasteiger partial charge in [0.15, 0.2) is 0 Å². The van der Waals surface area contributed by atoms with Gasteiger partial charge in [0, 0.05) is 38.5 Å². The number of hydrogen-bond acceptors (Lipinski definition) is 1. The quantitative estimate of drug-likeness (QED) is 0.145. The van der Waals surface area contributed by atoms with Crippen LogP contribution in [0.2, 0.25) is 0 Å². The van der Waals surface area contributed by atoms with Crippen molar-refractivity contribution in [2.75, 3.05) is 4.90 Å². The fourth-order valence-corrected chi connectivity index (χ4v) is 13.6. The Morgan fingerprint density at radius 3 is 1.34 bits per heavy atom. The van der Waals surface area contributed by atoms with Gasteiger partial charge in [-0.25, -0.2) is 0 Å². The van der Waals surface area contributed by atoms with Gasteiger partial charge >= 0.3 is 0 Å². The maximum atomic E-state index is 2.56. The molecule has 2 aliphatic rings. The average molecular weight is 977 g/mol. The summed E-state index contributed by atoms with van der Waals surface area (Å²) in [5.41, 5.74) is 24.2. The normalized spacial score (nSPS) is 12.8. The van der Waals surface area contributed by atoms with Crippen LogP contribution < -0.4 is 4.90 Å². The van der Waals surface area contributed by atoms with Crippen molar-refractivity contribution in [1.29, 1.82) is 0 Å². The van der Waals surface area contributed by atoms with Crippen molar-refractivity contribution in [1.82, 2.24) is 4.57 Å². The molecule has 14 aromatic rings. The summed E-state index contributed by atoms with van der Waals surface area (Å²) in [5, 5.41) is 7.27. The van der Waals surface area contributed by atoms with Gasteiger partial charge in [-0.05, 0) is 126 Å². The number of aromatic nitrogens is 1. The lowest BCUT2D eigenvalue weighted by atomic mass is 9.70. The van der Waals surface area contributed by atoms with Crippen LogP contribution in [0.3, 0.4) is 0 Å². The third-order valence-corrected chi connectivity index (χ3v) is 16.8. The van der Waals surface area contributed by atoms with Crippen molar-refractivity contribution >= 4 is 60.4 Å². The third kappa shape index (κ3) is 6.30. The first-order valence-corrected chi connectivity index (χ1v) is 26.8. The van der Waals surface area contributed by atoms with E-state index in [4.69, 9.17) is 0 Å². The van der Waals surface area contributed by atoms with Crippen molar-refractivity contribution < 1.29 is 0 Å². The fourth-order valence-electron chi connectivity index (χ4n) is 13.6. The SMILES string of the molecule is c1ccc(-c2ccc(N(c3ccc4c5ccccc5n(-c5c6ccccc6c(-c6ccc7c(c6)-c6ccccc6C76c7ccccc7-c7ccccc76)c6ccccc56)c4c3)c3ccccc3-c3ccccc3)cc2)cc1. The van der Waals surface area contributed by atoms with Gasteiger partial charge in [0.05, 0.1) is 27.8 Å². The molecule has 13 aromatic carbocycles. The van der Waals surface area contributed by atoms with Crippen LogP contribution in [0.25, 0.3) is 105 Å². The van der Waals surface area contributed by atoms with Crippen LogP contribution in [0.4, 0.5) is 17.1 Å². The molecule has 358 valence electrons. The summed E-state index contributed by atoms with van der Waals surface area (Å²) in [4.78, 5) is 2.44. The Bertz CT molecular complexity index is 4580. The molecule has 2 nitrogen and oxygen atoms in total. The maximum absolute atomic E-state index is 2.56. The zero-order valence-corrected chi connectivity index (χ0v) is 42.1. The van der Waals surface area contributed by atoms with Gasteiger partial charge in [-0.1, -0.05) is 249 Å². The largest absolute Gasteiger partial charge is 0.310 e. The van der Waals surface area contributed by atoms with Crippen LogP contribution in [-0.4, -0.2) is 4.57 Å². The van der Waals surface area contributed by atoms with E-state index in [2.05, 4.69) is 301 Å². The third-order valence-electron chi connectivity index (χ3n) is 16.8. The van der Waals surface area contributed by atoms with Crippen LogP contribution in [0.1, 0.15) is 22.3 Å². The topological polar surface area (TPSA) is 8.17 Å². The highest BCUT2D eigenvalue weighted by Gasteiger charge is 2.51. The Hall–Kier alpha value is -10.0. The average Bonchev–Trinajstić information content (AvgIpc) is 4.31. The van der Waals surface area contributed by atoms with E-state index in [1.165, 1.54) is 116 Å². The van der Waals surface area contributed by atoms with Crippen LogP contribution in [-0.2, 0) is 5.41 Å². The van der Waals surface area contributed by atoms with E-state index in [0.717, 1.165) is 28.1 Å². The first-order valence-electron chi connectivity index (χ1n) is 26.8. The first kappa shape index (κ1) is 43.4. The summed E-state index contributed by atoms with van der Waals surface area (Å²) >= 11 is 0. The lowest BCUT2D eigenvalue weighted by Crippen LogP contribution is -2.25. The second-order valence-corrected chi connectivity index (χ2v) is 20.6. The molecular formula is C75H48N2. The molecule has 0 fully saturated rings. The van der Waals surface area contributed by atoms with E-state index in [-0.39, 0.29) is 0 Å². The number of hydrogen-bond donors (Lipinski definition) is 0. The fraction of sp³-hybridized carbons (Fsp3) is 0.0133. The van der Waals surface area contributed by atoms with Gasteiger partial charge in [-0.3, -0.25) is 0 Å². The summed E-state index contributed by atoms with van der Waals surface area (Å²) < 4.78 is 2.56. The van der Waals surface area contributed by atoms with E-state index >= 15 is 0 Å². The monoisotopic (exact) mass is 976 g/mol. The molecule has 0 atom stereocenters. The lowest BCUT2D eigenvalue weighted by Gasteiger charge is -2.30.